The third-order valence-corrected chi connectivity index (χ3v) is 1.02. The zero-order chi connectivity index (χ0) is 7.40. The van der Waals surface area contributed by atoms with Crippen LogP contribution in [0.4, 0.5) is 0 Å². The highest BCUT2D eigenvalue weighted by Crippen LogP contribution is 1.90. The van der Waals surface area contributed by atoms with Crippen LogP contribution >= 0.6 is 0 Å². The number of nitrogens with zero attached hydrogens (tertiary/aromatic N) is 4. The summed E-state index contributed by atoms with van der Waals surface area (Å²) in [6.45, 7) is 0.483. The highest BCUT2D eigenvalue weighted by Gasteiger charge is 1.97. The fourth-order valence-corrected chi connectivity index (χ4v) is 0.567. The van der Waals surface area contributed by atoms with E-state index in [4.69, 9.17) is 5.26 Å². The molecular weight excluding hydrogens is 130 g/mol. The Hall–Kier alpha value is -1.57. The summed E-state index contributed by atoms with van der Waals surface area (Å²) in [5.74, 6) is 0.698. The van der Waals surface area contributed by atoms with Crippen LogP contribution in [0.1, 0.15) is 5.82 Å². The Bertz CT molecular complexity index is 221. The predicted molar refractivity (Wildman–Crippen MR) is 33.5 cm³/mol. The van der Waals surface area contributed by atoms with Crippen LogP contribution in [0.15, 0.2) is 6.33 Å². The number of hydrogen-bond acceptors (Lipinski definition) is 4. The maximum Gasteiger partial charge on any atom is 0.179 e. The minimum Gasteiger partial charge on any atom is -0.306 e. The fourth-order valence-electron chi connectivity index (χ4n) is 0.567. The van der Waals surface area contributed by atoms with Crippen LogP contribution in [0.3, 0.4) is 0 Å². The molecule has 10 heavy (non-hydrogen) atoms. The maximum atomic E-state index is 8.35. The van der Waals surface area contributed by atoms with Gasteiger partial charge in [0.1, 0.15) is 12.2 Å². The van der Waals surface area contributed by atoms with Crippen LogP contribution in [0, 0.1) is 11.5 Å². The van der Waals surface area contributed by atoms with Gasteiger partial charge in [-0.15, -0.1) is 0 Å². The summed E-state index contributed by atoms with van der Waals surface area (Å²) >= 11 is 0. The van der Waals surface area contributed by atoms with Crippen LogP contribution < -0.4 is 0 Å². The van der Waals surface area contributed by atoms with Crippen molar-refractivity contribution in [3.05, 3.63) is 12.2 Å². The van der Waals surface area contributed by atoms with E-state index < -0.39 is 0 Å². The van der Waals surface area contributed by atoms with E-state index in [1.54, 1.807) is 7.05 Å². The van der Waals surface area contributed by atoms with E-state index in [2.05, 4.69) is 15.2 Å². The summed E-state index contributed by atoms with van der Waals surface area (Å²) in [5.41, 5.74) is 0. The van der Waals surface area contributed by atoms with Gasteiger partial charge < -0.3 is 4.90 Å². The topological polar surface area (TPSA) is 68.6 Å². The Morgan fingerprint density at radius 1 is 1.90 bits per heavy atom. The summed E-state index contributed by atoms with van der Waals surface area (Å²) in [6.07, 6.45) is 3.37. The molecule has 5 heteroatoms. The van der Waals surface area contributed by atoms with Crippen LogP contribution in [-0.2, 0) is 6.54 Å². The molecule has 0 radical (unpaired) electrons. The van der Waals surface area contributed by atoms with Gasteiger partial charge in [0.25, 0.3) is 0 Å². The zero-order valence-corrected chi connectivity index (χ0v) is 5.57. The normalized spacial score (nSPS) is 8.80. The van der Waals surface area contributed by atoms with Crippen molar-refractivity contribution in [3.63, 3.8) is 0 Å². The lowest BCUT2D eigenvalue weighted by Gasteiger charge is -2.03. The van der Waals surface area contributed by atoms with E-state index in [0.717, 1.165) is 0 Å². The fraction of sp³-hybridized carbons (Fsp3) is 0.400. The summed E-state index contributed by atoms with van der Waals surface area (Å²) < 4.78 is 0. The third kappa shape index (κ3) is 1.45. The summed E-state index contributed by atoms with van der Waals surface area (Å²) in [7, 11) is 1.68. The number of hydrogen-bond donors (Lipinski definition) is 1. The number of H-pyrrole nitrogens is 1. The van der Waals surface area contributed by atoms with E-state index in [0.29, 0.717) is 12.4 Å². The Balaban J connectivity index is 2.50. The predicted octanol–water partition coefficient (Wildman–Crippen LogP) is -0.282. The number of rotatable bonds is 2. The molecule has 0 saturated carbocycles. The molecule has 52 valence electrons. The molecule has 0 amide bonds. The number of nitrogens with one attached hydrogen (secondary N) is 1. The van der Waals surface area contributed by atoms with Gasteiger partial charge in [0, 0.05) is 7.05 Å². The molecule has 0 aliphatic carbocycles. The first kappa shape index (κ1) is 6.55. The summed E-state index contributed by atoms with van der Waals surface area (Å²) in [5, 5.41) is 14.6. The van der Waals surface area contributed by atoms with Gasteiger partial charge in [-0.2, -0.15) is 10.4 Å². The second-order valence-electron chi connectivity index (χ2n) is 1.89. The average Bonchev–Trinajstić information content (AvgIpc) is 2.40. The highest BCUT2D eigenvalue weighted by atomic mass is 15.2. The average molecular weight is 137 g/mol. The van der Waals surface area contributed by atoms with Crippen molar-refractivity contribution >= 4 is 0 Å². The smallest absolute Gasteiger partial charge is 0.179 e. The lowest BCUT2D eigenvalue weighted by molar-refractivity contribution is 0.455. The first-order chi connectivity index (χ1) is 4.83. The second kappa shape index (κ2) is 2.82. The summed E-state index contributed by atoms with van der Waals surface area (Å²) in [4.78, 5) is 5.30. The maximum absolute atomic E-state index is 8.35. The van der Waals surface area contributed by atoms with Gasteiger partial charge in [0.05, 0.1) is 6.54 Å². The molecule has 1 aromatic heterocycles. The Kier molecular flexibility index (Phi) is 1.85. The molecule has 0 atom stereocenters. The Morgan fingerprint density at radius 2 is 2.70 bits per heavy atom. The molecule has 0 aromatic carbocycles. The van der Waals surface area contributed by atoms with Crippen molar-refractivity contribution in [2.45, 2.75) is 6.54 Å². The number of aromatic amines is 1. The highest BCUT2D eigenvalue weighted by molar-refractivity contribution is 4.82. The van der Waals surface area contributed by atoms with E-state index in [1.807, 2.05) is 6.19 Å². The van der Waals surface area contributed by atoms with Crippen molar-refractivity contribution in [1.82, 2.24) is 20.1 Å². The van der Waals surface area contributed by atoms with Gasteiger partial charge in [-0.25, -0.2) is 4.98 Å². The SMILES string of the molecule is CN(C#N)Cc1ncn[nH]1. The van der Waals surface area contributed by atoms with E-state index in [1.165, 1.54) is 11.2 Å². The number of aromatic nitrogens is 3. The second-order valence-corrected chi connectivity index (χ2v) is 1.89. The van der Waals surface area contributed by atoms with Crippen LogP contribution in [-0.4, -0.2) is 27.1 Å². The first-order valence-electron chi connectivity index (χ1n) is 2.78. The Morgan fingerprint density at radius 3 is 3.20 bits per heavy atom. The van der Waals surface area contributed by atoms with Gasteiger partial charge in [-0.05, 0) is 0 Å². The third-order valence-electron chi connectivity index (χ3n) is 1.02. The molecule has 0 fully saturated rings. The number of nitriles is 1. The van der Waals surface area contributed by atoms with Gasteiger partial charge in [0.15, 0.2) is 6.19 Å². The molecule has 0 aliphatic heterocycles. The quantitative estimate of drug-likeness (QED) is 0.449. The molecule has 5 nitrogen and oxygen atoms in total. The zero-order valence-electron chi connectivity index (χ0n) is 5.57. The summed E-state index contributed by atoms with van der Waals surface area (Å²) in [6, 6.07) is 0. The molecule has 0 saturated heterocycles. The molecule has 0 spiro atoms. The molecule has 1 rings (SSSR count). The monoisotopic (exact) mass is 137 g/mol. The van der Waals surface area contributed by atoms with Gasteiger partial charge >= 0.3 is 0 Å². The van der Waals surface area contributed by atoms with Crippen molar-refractivity contribution < 1.29 is 0 Å². The van der Waals surface area contributed by atoms with Crippen molar-refractivity contribution in [3.8, 4) is 6.19 Å². The largest absolute Gasteiger partial charge is 0.306 e. The van der Waals surface area contributed by atoms with Gasteiger partial charge in [-0.1, -0.05) is 0 Å². The standard InChI is InChI=1S/C5H7N5/c1-10(3-6)2-5-7-4-8-9-5/h4H,2H2,1H3,(H,7,8,9). The Labute approximate surface area is 58.3 Å². The molecule has 0 bridgehead atoms. The van der Waals surface area contributed by atoms with Crippen LogP contribution in [0.5, 0.6) is 0 Å². The lowest BCUT2D eigenvalue weighted by atomic mass is 10.6. The molecule has 0 aliphatic rings. The van der Waals surface area contributed by atoms with Crippen molar-refractivity contribution in [1.29, 1.82) is 5.26 Å². The minimum atomic E-state index is 0.483. The van der Waals surface area contributed by atoms with Crippen molar-refractivity contribution in [2.75, 3.05) is 7.05 Å². The van der Waals surface area contributed by atoms with Crippen LogP contribution in [0.25, 0.3) is 0 Å². The van der Waals surface area contributed by atoms with Crippen molar-refractivity contribution in [2.24, 2.45) is 0 Å². The molecule has 1 aromatic rings. The molecular formula is C5H7N5. The molecule has 0 unspecified atom stereocenters. The molecule has 1 N–H and O–H groups in total. The van der Waals surface area contributed by atoms with E-state index in [-0.39, 0.29) is 0 Å². The minimum absolute atomic E-state index is 0.483. The first-order valence-corrected chi connectivity index (χ1v) is 2.78. The molecule has 1 heterocycles. The lowest BCUT2D eigenvalue weighted by Crippen LogP contribution is -2.11. The van der Waals surface area contributed by atoms with Gasteiger partial charge in [0.2, 0.25) is 0 Å². The van der Waals surface area contributed by atoms with E-state index >= 15 is 0 Å². The van der Waals surface area contributed by atoms with Gasteiger partial charge in [-0.3, -0.25) is 5.10 Å². The van der Waals surface area contributed by atoms with Crippen LogP contribution in [0.2, 0.25) is 0 Å². The van der Waals surface area contributed by atoms with E-state index in [9.17, 15) is 0 Å².